The molecule has 0 aliphatic rings. The van der Waals surface area contributed by atoms with Crippen LogP contribution < -0.4 is 10.0 Å². The second-order valence-corrected chi connectivity index (χ2v) is 8.35. The summed E-state index contributed by atoms with van der Waals surface area (Å²) >= 11 is 0. The molecule has 30 heavy (non-hydrogen) atoms. The fourth-order valence-corrected chi connectivity index (χ4v) is 4.49. The van der Waals surface area contributed by atoms with Gasteiger partial charge in [0.2, 0.25) is 0 Å². The first-order chi connectivity index (χ1) is 14.6. The monoisotopic (exact) mass is 415 g/mol. The van der Waals surface area contributed by atoms with E-state index >= 15 is 0 Å². The van der Waals surface area contributed by atoms with Gasteiger partial charge in [-0.2, -0.15) is 0 Å². The molecule has 0 aliphatic carbocycles. The average molecular weight is 416 g/mol. The Morgan fingerprint density at radius 1 is 0.833 bits per heavy atom. The summed E-state index contributed by atoms with van der Waals surface area (Å²) in [6.07, 6.45) is 7.26. The molecule has 0 bridgehead atoms. The lowest BCUT2D eigenvalue weighted by molar-refractivity contribution is 0.602. The third kappa shape index (κ3) is 4.50. The van der Waals surface area contributed by atoms with Crippen molar-refractivity contribution in [2.75, 3.05) is 16.6 Å². The topological polar surface area (TPSA) is 71.1 Å². The maximum atomic E-state index is 13.1. The van der Waals surface area contributed by atoms with Gasteiger partial charge in [-0.05, 0) is 29.8 Å². The Morgan fingerprint density at radius 3 is 2.43 bits per heavy atom. The number of hydrogen-bond acceptors (Lipinski definition) is 4. The lowest BCUT2D eigenvalue weighted by Crippen LogP contribution is -2.15. The lowest BCUT2D eigenvalue weighted by Gasteiger charge is -2.14. The molecule has 1 aromatic heterocycles. The van der Waals surface area contributed by atoms with Crippen molar-refractivity contribution in [3.63, 3.8) is 0 Å². The summed E-state index contributed by atoms with van der Waals surface area (Å²) in [7, 11) is -3.77. The molecule has 0 radical (unpaired) electrons. The number of benzene rings is 3. The molecule has 1 heterocycles. The minimum absolute atomic E-state index is 0.223. The van der Waals surface area contributed by atoms with Crippen LogP contribution in [0.15, 0.2) is 102 Å². The van der Waals surface area contributed by atoms with Crippen molar-refractivity contribution in [1.29, 1.82) is 0 Å². The lowest BCUT2D eigenvalue weighted by atomic mass is 10.2. The molecular weight excluding hydrogens is 394 g/mol. The molecule has 0 saturated carbocycles. The summed E-state index contributed by atoms with van der Waals surface area (Å²) in [4.78, 5) is 4.29. The van der Waals surface area contributed by atoms with E-state index in [1.165, 1.54) is 0 Å². The van der Waals surface area contributed by atoms with E-state index in [2.05, 4.69) is 15.0 Å². The van der Waals surface area contributed by atoms with Crippen LogP contribution in [-0.2, 0) is 10.0 Å². The van der Waals surface area contributed by atoms with Crippen LogP contribution in [0, 0.1) is 0 Å². The minimum Gasteiger partial charge on any atom is -0.380 e. The van der Waals surface area contributed by atoms with E-state index in [1.807, 2.05) is 60.7 Å². The number of fused-ring (bicyclic) bond motifs is 1. The fraction of sp³-hybridized carbons (Fsp3) is 0.0417. The van der Waals surface area contributed by atoms with E-state index in [0.717, 1.165) is 10.9 Å². The highest BCUT2D eigenvalue weighted by Gasteiger charge is 2.18. The average Bonchev–Trinajstić information content (AvgIpc) is 2.78. The van der Waals surface area contributed by atoms with Crippen LogP contribution in [-0.4, -0.2) is 19.9 Å². The Kier molecular flexibility index (Phi) is 5.77. The minimum atomic E-state index is -3.77. The summed E-state index contributed by atoms with van der Waals surface area (Å²) in [5.74, 6) is 0. The number of rotatable bonds is 7. The predicted molar refractivity (Wildman–Crippen MR) is 123 cm³/mol. The number of anilines is 2. The van der Waals surface area contributed by atoms with Crippen molar-refractivity contribution in [2.24, 2.45) is 0 Å². The fourth-order valence-electron chi connectivity index (χ4n) is 3.18. The zero-order valence-electron chi connectivity index (χ0n) is 16.2. The molecule has 3 aromatic carbocycles. The van der Waals surface area contributed by atoms with Crippen molar-refractivity contribution in [3.8, 4) is 0 Å². The van der Waals surface area contributed by atoms with Crippen molar-refractivity contribution >= 4 is 38.2 Å². The molecule has 0 amide bonds. The van der Waals surface area contributed by atoms with Crippen LogP contribution >= 0.6 is 0 Å². The molecule has 4 rings (SSSR count). The molecular formula is C24H21N3O2S. The molecule has 5 nitrogen and oxygen atoms in total. The number of hydrogen-bond donors (Lipinski definition) is 2. The number of sulfonamides is 1. The quantitative estimate of drug-likeness (QED) is 0.437. The van der Waals surface area contributed by atoms with Gasteiger partial charge in [-0.15, -0.1) is 0 Å². The van der Waals surface area contributed by atoms with Gasteiger partial charge < -0.3 is 5.32 Å². The first-order valence-electron chi connectivity index (χ1n) is 9.53. The van der Waals surface area contributed by atoms with E-state index in [9.17, 15) is 8.42 Å². The van der Waals surface area contributed by atoms with Crippen LogP contribution in [0.1, 0.15) is 5.56 Å². The summed E-state index contributed by atoms with van der Waals surface area (Å²) in [6, 6.07) is 24.1. The maximum Gasteiger partial charge on any atom is 0.262 e. The Morgan fingerprint density at radius 2 is 1.60 bits per heavy atom. The van der Waals surface area contributed by atoms with Gasteiger partial charge in [-0.25, -0.2) is 8.42 Å². The third-order valence-electron chi connectivity index (χ3n) is 4.62. The van der Waals surface area contributed by atoms with Gasteiger partial charge in [0.1, 0.15) is 0 Å². The molecule has 2 N–H and O–H groups in total. The molecule has 0 fully saturated rings. The van der Waals surface area contributed by atoms with E-state index < -0.39 is 10.0 Å². The Hall–Kier alpha value is -3.64. The van der Waals surface area contributed by atoms with Gasteiger partial charge >= 0.3 is 0 Å². The van der Waals surface area contributed by atoms with Gasteiger partial charge in [-0.3, -0.25) is 9.71 Å². The third-order valence-corrected chi connectivity index (χ3v) is 6.05. The molecule has 0 spiro atoms. The van der Waals surface area contributed by atoms with Crippen LogP contribution in [0.5, 0.6) is 0 Å². The zero-order valence-corrected chi connectivity index (χ0v) is 17.0. The van der Waals surface area contributed by atoms with Crippen LogP contribution in [0.4, 0.5) is 11.4 Å². The highest BCUT2D eigenvalue weighted by Crippen LogP contribution is 2.27. The zero-order chi connectivity index (χ0) is 20.8. The number of nitrogens with one attached hydrogen (secondary N) is 2. The summed E-state index contributed by atoms with van der Waals surface area (Å²) in [6.45, 7) is 0.563. The molecule has 150 valence electrons. The smallest absolute Gasteiger partial charge is 0.262 e. The Labute approximate surface area is 176 Å². The molecule has 0 atom stereocenters. The van der Waals surface area contributed by atoms with Crippen molar-refractivity contribution < 1.29 is 8.42 Å². The SMILES string of the molecule is O=S(=O)(Nc1ccccc1NC/C=C/c1ccccc1)c1cccc2cnccc12. The summed E-state index contributed by atoms with van der Waals surface area (Å²) in [5.41, 5.74) is 2.32. The van der Waals surface area contributed by atoms with Gasteiger partial charge in [0, 0.05) is 29.7 Å². The van der Waals surface area contributed by atoms with E-state index in [0.29, 0.717) is 23.3 Å². The Balaban J connectivity index is 1.54. The highest BCUT2D eigenvalue weighted by atomic mass is 32.2. The van der Waals surface area contributed by atoms with E-state index in [4.69, 9.17) is 0 Å². The van der Waals surface area contributed by atoms with E-state index in [-0.39, 0.29) is 4.90 Å². The summed E-state index contributed by atoms with van der Waals surface area (Å²) in [5, 5.41) is 4.68. The van der Waals surface area contributed by atoms with Gasteiger partial charge in [0.05, 0.1) is 16.3 Å². The normalized spacial score (nSPS) is 11.6. The van der Waals surface area contributed by atoms with Crippen molar-refractivity contribution in [3.05, 3.63) is 103 Å². The number of pyridine rings is 1. The molecule has 4 aromatic rings. The second kappa shape index (κ2) is 8.80. The second-order valence-electron chi connectivity index (χ2n) is 6.70. The van der Waals surface area contributed by atoms with Gasteiger partial charge in [0.15, 0.2) is 0 Å². The molecule has 0 unspecified atom stereocenters. The van der Waals surface area contributed by atoms with Crippen LogP contribution in [0.2, 0.25) is 0 Å². The highest BCUT2D eigenvalue weighted by molar-refractivity contribution is 7.93. The molecule has 0 aliphatic heterocycles. The van der Waals surface area contributed by atoms with Crippen LogP contribution in [0.25, 0.3) is 16.8 Å². The number of nitrogens with zero attached hydrogens (tertiary/aromatic N) is 1. The Bertz CT molecular complexity index is 1280. The number of para-hydroxylation sites is 2. The van der Waals surface area contributed by atoms with E-state index in [1.54, 1.807) is 42.7 Å². The van der Waals surface area contributed by atoms with Gasteiger partial charge in [0.25, 0.3) is 10.0 Å². The maximum absolute atomic E-state index is 13.1. The summed E-state index contributed by atoms with van der Waals surface area (Å²) < 4.78 is 28.9. The standard InChI is InChI=1S/C24H21N3O2S/c28-30(29,24-14-6-11-20-18-25-17-15-21(20)24)27-23-13-5-4-12-22(23)26-16-7-10-19-8-2-1-3-9-19/h1-15,17-18,26-27H,16H2/b10-7+. The molecule has 6 heteroatoms. The van der Waals surface area contributed by atoms with Crippen molar-refractivity contribution in [2.45, 2.75) is 4.90 Å². The van der Waals surface area contributed by atoms with Crippen molar-refractivity contribution in [1.82, 2.24) is 4.98 Å². The first kappa shape index (κ1) is 19.7. The number of aromatic nitrogens is 1. The largest absolute Gasteiger partial charge is 0.380 e. The first-order valence-corrected chi connectivity index (χ1v) is 11.0. The molecule has 0 saturated heterocycles. The van der Waals surface area contributed by atoms with Crippen LogP contribution in [0.3, 0.4) is 0 Å². The predicted octanol–water partition coefficient (Wildman–Crippen LogP) is 5.16. The van der Waals surface area contributed by atoms with Gasteiger partial charge in [-0.1, -0.05) is 66.7 Å².